The van der Waals surface area contributed by atoms with Crippen LogP contribution in [0.5, 0.6) is 0 Å². The Bertz CT molecular complexity index is 1140. The SMILES string of the molecule is CCCC/C=C\CCCCCCCC(=O)NC(COC1OC(CO)C(O)C(OS(=O)(=O)O)C1O)C(O)CCCCCCCCCCCCCCCCCCCCCCCCC. The van der Waals surface area contributed by atoms with Crippen molar-refractivity contribution in [2.45, 2.75) is 275 Å². The number of unbranched alkanes of at least 4 members (excludes halogenated alkanes) is 29. The van der Waals surface area contributed by atoms with E-state index < -0.39 is 59.9 Å². The summed E-state index contributed by atoms with van der Waals surface area (Å²) in [5, 5.41) is 44.9. The third-order valence-corrected chi connectivity index (χ3v) is 12.5. The Labute approximate surface area is 372 Å². The molecule has 7 atom stereocenters. The van der Waals surface area contributed by atoms with Crippen LogP contribution in [0.15, 0.2) is 12.2 Å². The highest BCUT2D eigenvalue weighted by Crippen LogP contribution is 2.26. The van der Waals surface area contributed by atoms with Gasteiger partial charge < -0.3 is 35.2 Å². The van der Waals surface area contributed by atoms with Crippen molar-refractivity contribution in [3.8, 4) is 0 Å². The summed E-state index contributed by atoms with van der Waals surface area (Å²) in [4.78, 5) is 13.0. The summed E-state index contributed by atoms with van der Waals surface area (Å²) in [6.45, 7) is 3.41. The van der Waals surface area contributed by atoms with Gasteiger partial charge in [-0.05, 0) is 32.1 Å². The van der Waals surface area contributed by atoms with Gasteiger partial charge in [0.25, 0.3) is 0 Å². The molecule has 0 aromatic rings. The minimum absolute atomic E-state index is 0.239. The molecule has 6 N–H and O–H groups in total. The van der Waals surface area contributed by atoms with Gasteiger partial charge in [0, 0.05) is 6.42 Å². The summed E-state index contributed by atoms with van der Waals surface area (Å²) in [5.74, 6) is -0.239. The fourth-order valence-corrected chi connectivity index (χ4v) is 8.66. The number of carbonyl (C=O) groups excluding carboxylic acids is 1. The molecule has 1 aliphatic rings. The normalized spacial score (nSPS) is 20.7. The van der Waals surface area contributed by atoms with Crippen LogP contribution in [0.3, 0.4) is 0 Å². The van der Waals surface area contributed by atoms with Crippen LogP contribution >= 0.6 is 0 Å². The van der Waals surface area contributed by atoms with Crippen LogP contribution in [-0.2, 0) is 28.9 Å². The first-order valence-electron chi connectivity index (χ1n) is 25.1. The molecule has 1 heterocycles. The van der Waals surface area contributed by atoms with Crippen molar-refractivity contribution in [1.82, 2.24) is 5.32 Å². The lowest BCUT2D eigenvalue weighted by Gasteiger charge is -2.41. The summed E-state index contributed by atoms with van der Waals surface area (Å²) in [7, 11) is -5.07. The van der Waals surface area contributed by atoms with Gasteiger partial charge in [0.05, 0.1) is 25.4 Å². The first-order chi connectivity index (χ1) is 29.5. The number of hydrogen-bond acceptors (Lipinski definition) is 10. The summed E-state index contributed by atoms with van der Waals surface area (Å²) in [5.41, 5.74) is 0. The van der Waals surface area contributed by atoms with Crippen LogP contribution in [0, 0.1) is 0 Å². The molecule has 362 valence electrons. The van der Waals surface area contributed by atoms with Crippen molar-refractivity contribution in [1.29, 1.82) is 0 Å². The minimum Gasteiger partial charge on any atom is -0.394 e. The van der Waals surface area contributed by atoms with Gasteiger partial charge in [-0.25, -0.2) is 4.18 Å². The lowest BCUT2D eigenvalue weighted by Crippen LogP contribution is -2.61. The molecule has 1 amide bonds. The summed E-state index contributed by atoms with van der Waals surface area (Å²) >= 11 is 0. The Kier molecular flexibility index (Phi) is 37.2. The molecule has 1 fully saturated rings. The molecule has 12 nitrogen and oxygen atoms in total. The molecule has 0 radical (unpaired) electrons. The fourth-order valence-electron chi connectivity index (χ4n) is 8.15. The zero-order chi connectivity index (χ0) is 44.8. The monoisotopic (exact) mass is 892 g/mol. The highest BCUT2D eigenvalue weighted by atomic mass is 32.3. The second-order valence-electron chi connectivity index (χ2n) is 17.8. The number of nitrogens with one attached hydrogen (secondary N) is 1. The minimum atomic E-state index is -5.07. The molecule has 0 aliphatic carbocycles. The van der Waals surface area contributed by atoms with E-state index in [9.17, 15) is 38.2 Å². The van der Waals surface area contributed by atoms with Gasteiger partial charge in [0.2, 0.25) is 5.91 Å². The van der Waals surface area contributed by atoms with E-state index in [-0.39, 0.29) is 18.9 Å². The number of amides is 1. The molecule has 13 heteroatoms. The van der Waals surface area contributed by atoms with Crippen LogP contribution in [0.1, 0.15) is 232 Å². The molecule has 0 aromatic carbocycles. The van der Waals surface area contributed by atoms with Crippen molar-refractivity contribution in [3.05, 3.63) is 12.2 Å². The summed E-state index contributed by atoms with van der Waals surface area (Å²) < 4.78 is 47.7. The fraction of sp³-hybridized carbons (Fsp3) is 0.938. The first kappa shape index (κ1) is 57.9. The number of carbonyl (C=O) groups is 1. The molecule has 7 unspecified atom stereocenters. The van der Waals surface area contributed by atoms with E-state index in [0.29, 0.717) is 12.8 Å². The van der Waals surface area contributed by atoms with Crippen molar-refractivity contribution < 1.29 is 51.8 Å². The second kappa shape index (κ2) is 39.2. The number of allylic oxidation sites excluding steroid dienone is 2. The highest BCUT2D eigenvalue weighted by Gasteiger charge is 2.48. The largest absolute Gasteiger partial charge is 0.397 e. The van der Waals surface area contributed by atoms with E-state index >= 15 is 0 Å². The Morgan fingerprint density at radius 2 is 1.07 bits per heavy atom. The number of aliphatic hydroxyl groups is 4. The number of rotatable bonds is 43. The Morgan fingerprint density at radius 3 is 1.52 bits per heavy atom. The number of ether oxygens (including phenoxy) is 2. The maximum Gasteiger partial charge on any atom is 0.397 e. The molecule has 1 saturated heterocycles. The zero-order valence-corrected chi connectivity index (χ0v) is 39.6. The Morgan fingerprint density at radius 1 is 0.639 bits per heavy atom. The van der Waals surface area contributed by atoms with Gasteiger partial charge in [-0.15, -0.1) is 0 Å². The smallest absolute Gasteiger partial charge is 0.394 e. The van der Waals surface area contributed by atoms with E-state index in [2.05, 4.69) is 35.5 Å². The van der Waals surface area contributed by atoms with Gasteiger partial charge in [0.15, 0.2) is 6.29 Å². The molecular weight excluding hydrogens is 799 g/mol. The average molecular weight is 892 g/mol. The van der Waals surface area contributed by atoms with Crippen LogP contribution in [0.4, 0.5) is 0 Å². The van der Waals surface area contributed by atoms with E-state index in [4.69, 9.17) is 9.47 Å². The van der Waals surface area contributed by atoms with Gasteiger partial charge >= 0.3 is 10.4 Å². The molecule has 1 aliphatic heterocycles. The predicted octanol–water partition coefficient (Wildman–Crippen LogP) is 10.3. The van der Waals surface area contributed by atoms with Gasteiger partial charge in [-0.1, -0.05) is 206 Å². The Balaban J connectivity index is 2.38. The van der Waals surface area contributed by atoms with E-state index in [1.807, 2.05) is 0 Å². The lowest BCUT2D eigenvalue weighted by atomic mass is 9.99. The topological polar surface area (TPSA) is 192 Å². The lowest BCUT2D eigenvalue weighted by molar-refractivity contribution is -0.298. The van der Waals surface area contributed by atoms with Crippen LogP contribution < -0.4 is 5.32 Å². The Hall–Kier alpha value is -1.16. The standard InChI is InChI=1S/C48H93NO11S/c1-3-5-7-9-11-13-15-16-17-18-19-20-21-22-23-24-25-26-28-29-31-33-35-37-42(51)41(49-44(52)38-36-34-32-30-27-14-12-10-8-6-4-2)40-58-48-46(54)47(60-61(55,56)57)45(53)43(39-50)59-48/h10,12,41-43,45-48,50-51,53-54H,3-9,11,13-40H2,1-2H3,(H,49,52)(H,55,56,57)/b12-10-. The summed E-state index contributed by atoms with van der Waals surface area (Å²) in [6, 6.07) is -0.858. The molecule has 0 bridgehead atoms. The summed E-state index contributed by atoms with van der Waals surface area (Å²) in [6.07, 6.45) is 35.1. The maximum absolute atomic E-state index is 13.0. The quantitative estimate of drug-likeness (QED) is 0.0194. The number of hydrogen-bond donors (Lipinski definition) is 6. The molecule has 0 aromatic heterocycles. The zero-order valence-electron chi connectivity index (χ0n) is 38.7. The van der Waals surface area contributed by atoms with Crippen molar-refractivity contribution in [2.24, 2.45) is 0 Å². The van der Waals surface area contributed by atoms with Crippen molar-refractivity contribution >= 4 is 16.3 Å². The van der Waals surface area contributed by atoms with Gasteiger partial charge in [-0.2, -0.15) is 8.42 Å². The van der Waals surface area contributed by atoms with E-state index in [0.717, 1.165) is 64.2 Å². The van der Waals surface area contributed by atoms with Crippen molar-refractivity contribution in [3.63, 3.8) is 0 Å². The third-order valence-electron chi connectivity index (χ3n) is 12.1. The highest BCUT2D eigenvalue weighted by molar-refractivity contribution is 7.80. The molecular formula is C48H93NO11S. The van der Waals surface area contributed by atoms with Crippen LogP contribution in [0.25, 0.3) is 0 Å². The van der Waals surface area contributed by atoms with E-state index in [1.165, 1.54) is 135 Å². The first-order valence-corrected chi connectivity index (χ1v) is 26.4. The predicted molar refractivity (Wildman–Crippen MR) is 246 cm³/mol. The third kappa shape index (κ3) is 32.2. The molecule has 1 rings (SSSR count). The average Bonchev–Trinajstić information content (AvgIpc) is 3.23. The number of aliphatic hydroxyl groups excluding tert-OH is 4. The van der Waals surface area contributed by atoms with E-state index in [1.54, 1.807) is 0 Å². The van der Waals surface area contributed by atoms with Crippen molar-refractivity contribution in [2.75, 3.05) is 13.2 Å². The van der Waals surface area contributed by atoms with Gasteiger partial charge in [0.1, 0.15) is 24.4 Å². The van der Waals surface area contributed by atoms with Crippen LogP contribution in [0.2, 0.25) is 0 Å². The second-order valence-corrected chi connectivity index (χ2v) is 18.8. The molecule has 0 spiro atoms. The molecule has 0 saturated carbocycles. The maximum atomic E-state index is 13.0. The molecule has 61 heavy (non-hydrogen) atoms. The van der Waals surface area contributed by atoms with Crippen LogP contribution in [-0.4, -0.2) is 95.4 Å². The van der Waals surface area contributed by atoms with Gasteiger partial charge in [-0.3, -0.25) is 9.35 Å².